The fourth-order valence-corrected chi connectivity index (χ4v) is 3.13. The number of benzene rings is 1. The summed E-state index contributed by atoms with van der Waals surface area (Å²) in [4.78, 5) is 37.5. The molecular formula is C20H23F3N2O5. The lowest BCUT2D eigenvalue weighted by atomic mass is 9.67. The number of nitrogens with one attached hydrogen (secondary N) is 1. The maximum absolute atomic E-state index is 13.1. The van der Waals surface area contributed by atoms with Crippen LogP contribution in [0.5, 0.6) is 0 Å². The van der Waals surface area contributed by atoms with Crippen LogP contribution in [0.15, 0.2) is 35.6 Å². The number of halogens is 3. The van der Waals surface area contributed by atoms with Gasteiger partial charge >= 0.3 is 12.1 Å². The van der Waals surface area contributed by atoms with Gasteiger partial charge in [0.25, 0.3) is 11.8 Å². The first kappa shape index (κ1) is 23.2. The second kappa shape index (κ2) is 7.66. The Hall–Kier alpha value is -3.04. The highest BCUT2D eigenvalue weighted by atomic mass is 19.4. The van der Waals surface area contributed by atoms with Crippen LogP contribution in [-0.4, -0.2) is 45.0 Å². The fraction of sp³-hybridized carbons (Fsp3) is 0.450. The van der Waals surface area contributed by atoms with E-state index in [2.05, 4.69) is 5.32 Å². The average molecular weight is 428 g/mol. The van der Waals surface area contributed by atoms with Crippen LogP contribution >= 0.6 is 0 Å². The second-order valence-electron chi connectivity index (χ2n) is 8.07. The van der Waals surface area contributed by atoms with Crippen molar-refractivity contribution in [1.29, 1.82) is 0 Å². The lowest BCUT2D eigenvalue weighted by Crippen LogP contribution is -2.61. The molecule has 0 bridgehead atoms. The summed E-state index contributed by atoms with van der Waals surface area (Å²) in [6.45, 7) is 5.69. The maximum atomic E-state index is 13.1. The third-order valence-corrected chi connectivity index (χ3v) is 5.74. The molecule has 1 aliphatic rings. The summed E-state index contributed by atoms with van der Waals surface area (Å²) >= 11 is 0. The van der Waals surface area contributed by atoms with Crippen molar-refractivity contribution < 1.29 is 37.8 Å². The van der Waals surface area contributed by atoms with Crippen LogP contribution in [0.4, 0.5) is 13.2 Å². The summed E-state index contributed by atoms with van der Waals surface area (Å²) in [5.74, 6) is -3.70. The number of carboxylic acid groups (broad SMARTS) is 1. The number of hydrogen-bond acceptors (Lipinski definition) is 4. The highest BCUT2D eigenvalue weighted by Crippen LogP contribution is 2.46. The highest BCUT2D eigenvalue weighted by Gasteiger charge is 2.54. The van der Waals surface area contributed by atoms with E-state index in [9.17, 15) is 32.7 Å². The van der Waals surface area contributed by atoms with Gasteiger partial charge in [0.05, 0.1) is 11.1 Å². The van der Waals surface area contributed by atoms with E-state index >= 15 is 0 Å². The third-order valence-electron chi connectivity index (χ3n) is 5.74. The van der Waals surface area contributed by atoms with Crippen LogP contribution in [0.3, 0.4) is 0 Å². The molecule has 0 saturated carbocycles. The average Bonchev–Trinajstić information content (AvgIpc) is 2.62. The molecule has 0 saturated heterocycles. The van der Waals surface area contributed by atoms with Crippen molar-refractivity contribution in [2.75, 3.05) is 6.54 Å². The van der Waals surface area contributed by atoms with Crippen LogP contribution in [0.25, 0.3) is 0 Å². The summed E-state index contributed by atoms with van der Waals surface area (Å²) in [5.41, 5.74) is -3.16. The smallest absolute Gasteiger partial charge is 0.416 e. The van der Waals surface area contributed by atoms with Gasteiger partial charge in [-0.2, -0.15) is 13.2 Å². The number of amides is 2. The van der Waals surface area contributed by atoms with Gasteiger partial charge in [-0.1, -0.05) is 26.0 Å². The van der Waals surface area contributed by atoms with E-state index in [1.54, 1.807) is 27.7 Å². The van der Waals surface area contributed by atoms with Crippen molar-refractivity contribution in [3.05, 3.63) is 46.7 Å². The Kier molecular flexibility index (Phi) is 5.93. The highest BCUT2D eigenvalue weighted by molar-refractivity contribution is 6.20. The standard InChI is InChI=1S/C20H23F3N2O5/c1-18(2)15(28)14(16(29)24-9-13(26)27)17(30)25(19(18,3)4)10-11-5-7-12(8-6-11)20(21,22)23/h5-8,28H,9-10H2,1-4H3,(H,24,29)(H,26,27). The number of hydrogen-bond donors (Lipinski definition) is 3. The molecule has 1 aromatic carbocycles. The molecule has 7 nitrogen and oxygen atoms in total. The zero-order valence-electron chi connectivity index (χ0n) is 16.9. The molecule has 0 spiro atoms. The Labute approximate surface area is 171 Å². The molecule has 0 atom stereocenters. The molecule has 0 unspecified atom stereocenters. The van der Waals surface area contributed by atoms with E-state index in [1.807, 2.05) is 0 Å². The third kappa shape index (κ3) is 4.12. The second-order valence-corrected chi connectivity index (χ2v) is 8.07. The summed E-state index contributed by atoms with van der Waals surface area (Å²) in [6, 6.07) is 4.27. The molecule has 1 heterocycles. The fourth-order valence-electron chi connectivity index (χ4n) is 3.13. The first-order chi connectivity index (χ1) is 13.6. The molecule has 2 rings (SSSR count). The number of aliphatic hydroxyl groups is 1. The Bertz CT molecular complexity index is 902. The predicted octanol–water partition coefficient (Wildman–Crippen LogP) is 2.87. The normalized spacial score (nSPS) is 18.4. The van der Waals surface area contributed by atoms with Crippen LogP contribution in [-0.2, 0) is 27.1 Å². The first-order valence-electron chi connectivity index (χ1n) is 9.02. The Morgan fingerprint density at radius 3 is 2.10 bits per heavy atom. The molecule has 2 amide bonds. The lowest BCUT2D eigenvalue weighted by molar-refractivity contribution is -0.145. The Balaban J connectivity index is 2.43. The molecule has 30 heavy (non-hydrogen) atoms. The van der Waals surface area contributed by atoms with Gasteiger partial charge in [-0.05, 0) is 31.5 Å². The van der Waals surface area contributed by atoms with Crippen molar-refractivity contribution in [3.8, 4) is 0 Å². The molecule has 164 valence electrons. The monoisotopic (exact) mass is 428 g/mol. The number of alkyl halides is 3. The predicted molar refractivity (Wildman–Crippen MR) is 100 cm³/mol. The molecule has 1 aliphatic heterocycles. The number of carboxylic acids is 1. The van der Waals surface area contributed by atoms with Crippen LogP contribution in [0.1, 0.15) is 38.8 Å². The van der Waals surface area contributed by atoms with Crippen LogP contribution < -0.4 is 5.32 Å². The molecule has 3 N–H and O–H groups in total. The number of rotatable bonds is 5. The quantitative estimate of drug-likeness (QED) is 0.626. The van der Waals surface area contributed by atoms with E-state index in [0.29, 0.717) is 5.56 Å². The number of carbonyl (C=O) groups is 3. The van der Waals surface area contributed by atoms with Crippen molar-refractivity contribution in [2.24, 2.45) is 5.41 Å². The summed E-state index contributed by atoms with van der Waals surface area (Å²) in [5, 5.41) is 21.4. The zero-order chi connectivity index (χ0) is 23.1. The minimum Gasteiger partial charge on any atom is -0.511 e. The molecular weight excluding hydrogens is 405 g/mol. The van der Waals surface area contributed by atoms with Gasteiger partial charge in [0.1, 0.15) is 17.9 Å². The molecule has 10 heteroatoms. The van der Waals surface area contributed by atoms with Gasteiger partial charge in [-0.3, -0.25) is 14.4 Å². The van der Waals surface area contributed by atoms with Gasteiger partial charge in [0.2, 0.25) is 0 Å². The van der Waals surface area contributed by atoms with Crippen molar-refractivity contribution in [2.45, 2.75) is 46.0 Å². The van der Waals surface area contributed by atoms with E-state index < -0.39 is 58.4 Å². The first-order valence-corrected chi connectivity index (χ1v) is 9.02. The van der Waals surface area contributed by atoms with Crippen LogP contribution in [0, 0.1) is 5.41 Å². The molecule has 0 fully saturated rings. The van der Waals surface area contributed by atoms with E-state index in [-0.39, 0.29) is 6.54 Å². The minimum atomic E-state index is -4.50. The van der Waals surface area contributed by atoms with Crippen molar-refractivity contribution >= 4 is 17.8 Å². The molecule has 0 aliphatic carbocycles. The number of aliphatic carboxylic acids is 1. The summed E-state index contributed by atoms with van der Waals surface area (Å²) in [6.07, 6.45) is -4.50. The zero-order valence-corrected chi connectivity index (χ0v) is 16.9. The minimum absolute atomic E-state index is 0.115. The number of nitrogens with zero attached hydrogens (tertiary/aromatic N) is 1. The maximum Gasteiger partial charge on any atom is 0.416 e. The number of aliphatic hydroxyl groups excluding tert-OH is 1. The number of carbonyl (C=O) groups excluding carboxylic acids is 2. The SMILES string of the molecule is CC1(C)C(O)=C(C(=O)NCC(=O)O)C(=O)N(Cc2ccc(C(F)(F)F)cc2)C1(C)C. The van der Waals surface area contributed by atoms with Gasteiger partial charge in [-0.15, -0.1) is 0 Å². The van der Waals surface area contributed by atoms with Gasteiger partial charge in [-0.25, -0.2) is 0 Å². The summed E-state index contributed by atoms with van der Waals surface area (Å²) in [7, 11) is 0. The largest absolute Gasteiger partial charge is 0.511 e. The summed E-state index contributed by atoms with van der Waals surface area (Å²) < 4.78 is 38.4. The van der Waals surface area contributed by atoms with E-state index in [4.69, 9.17) is 5.11 Å². The van der Waals surface area contributed by atoms with Gasteiger partial charge in [0, 0.05) is 12.0 Å². The van der Waals surface area contributed by atoms with Crippen LogP contribution in [0.2, 0.25) is 0 Å². The Morgan fingerprint density at radius 1 is 1.10 bits per heavy atom. The van der Waals surface area contributed by atoms with Gasteiger partial charge in [0.15, 0.2) is 0 Å². The molecule has 0 aromatic heterocycles. The topological polar surface area (TPSA) is 107 Å². The lowest BCUT2D eigenvalue weighted by Gasteiger charge is -2.52. The van der Waals surface area contributed by atoms with E-state index in [0.717, 1.165) is 12.1 Å². The van der Waals surface area contributed by atoms with E-state index in [1.165, 1.54) is 17.0 Å². The van der Waals surface area contributed by atoms with Gasteiger partial charge < -0.3 is 20.4 Å². The van der Waals surface area contributed by atoms with Crippen molar-refractivity contribution in [3.63, 3.8) is 0 Å². The molecule has 1 aromatic rings. The Morgan fingerprint density at radius 2 is 1.63 bits per heavy atom. The molecule has 0 radical (unpaired) electrons. The van der Waals surface area contributed by atoms with Crippen molar-refractivity contribution in [1.82, 2.24) is 10.2 Å².